The molecule has 0 saturated heterocycles. The van der Waals surface area contributed by atoms with E-state index in [1.807, 2.05) is 31.2 Å². The van der Waals surface area contributed by atoms with Gasteiger partial charge in [-0.05, 0) is 49.1 Å². The molecule has 0 aliphatic heterocycles. The van der Waals surface area contributed by atoms with Gasteiger partial charge in [0.15, 0.2) is 17.5 Å². The smallest absolute Gasteiger partial charge is 0.203 e. The molecule has 1 fully saturated rings. The Kier molecular flexibility index (Phi) is 7.03. The van der Waals surface area contributed by atoms with Crippen LogP contribution in [0.5, 0.6) is 17.2 Å². The van der Waals surface area contributed by atoms with Crippen molar-refractivity contribution in [3.63, 3.8) is 0 Å². The molecule has 1 aliphatic rings. The summed E-state index contributed by atoms with van der Waals surface area (Å²) in [6, 6.07) is 10.8. The fraction of sp³-hybridized carbons (Fsp3) is 0.435. The van der Waals surface area contributed by atoms with Crippen LogP contribution in [0.4, 0.5) is 4.39 Å². The highest BCUT2D eigenvalue weighted by Crippen LogP contribution is 2.48. The van der Waals surface area contributed by atoms with Crippen LogP contribution in [-0.2, 0) is 12.0 Å². The molecule has 0 aromatic heterocycles. The van der Waals surface area contributed by atoms with Gasteiger partial charge in [0.05, 0.1) is 20.8 Å². The van der Waals surface area contributed by atoms with Crippen molar-refractivity contribution >= 4 is 5.96 Å². The third-order valence-electron chi connectivity index (χ3n) is 5.39. The number of nitrogens with one attached hydrogen (secondary N) is 2. The van der Waals surface area contributed by atoms with Gasteiger partial charge in [0, 0.05) is 25.6 Å². The van der Waals surface area contributed by atoms with Crippen molar-refractivity contribution in [3.8, 4) is 17.2 Å². The molecule has 0 unspecified atom stereocenters. The van der Waals surface area contributed by atoms with Gasteiger partial charge in [0.2, 0.25) is 5.75 Å². The van der Waals surface area contributed by atoms with Gasteiger partial charge in [-0.1, -0.05) is 18.2 Å². The first-order valence-electron chi connectivity index (χ1n) is 10.1. The maximum atomic E-state index is 14.2. The molecule has 1 saturated carbocycles. The second kappa shape index (κ2) is 9.69. The van der Waals surface area contributed by atoms with Gasteiger partial charge in [-0.15, -0.1) is 0 Å². The summed E-state index contributed by atoms with van der Waals surface area (Å²) in [7, 11) is 4.93. The third kappa shape index (κ3) is 4.78. The summed E-state index contributed by atoms with van der Waals surface area (Å²) in [5, 5.41) is 6.64. The number of hydrogen-bond donors (Lipinski definition) is 2. The Labute approximate surface area is 177 Å². The number of rotatable bonds is 9. The molecule has 0 atom stereocenters. The minimum Gasteiger partial charge on any atom is -0.493 e. The predicted molar refractivity (Wildman–Crippen MR) is 116 cm³/mol. The highest BCUT2D eigenvalue weighted by Gasteiger charge is 2.45. The van der Waals surface area contributed by atoms with Crippen LogP contribution in [0.15, 0.2) is 41.4 Å². The molecule has 162 valence electrons. The Hall–Kier alpha value is -2.96. The van der Waals surface area contributed by atoms with Gasteiger partial charge < -0.3 is 24.8 Å². The Morgan fingerprint density at radius 3 is 2.30 bits per heavy atom. The number of halogens is 1. The van der Waals surface area contributed by atoms with Crippen molar-refractivity contribution in [2.45, 2.75) is 31.7 Å². The number of benzene rings is 2. The van der Waals surface area contributed by atoms with Crippen molar-refractivity contribution in [1.82, 2.24) is 10.6 Å². The second-order valence-corrected chi connectivity index (χ2v) is 7.30. The molecule has 0 amide bonds. The molecule has 2 aromatic rings. The normalized spacial score (nSPS) is 14.8. The van der Waals surface area contributed by atoms with E-state index in [2.05, 4.69) is 15.6 Å². The summed E-state index contributed by atoms with van der Waals surface area (Å²) in [5.41, 5.74) is 1.58. The van der Waals surface area contributed by atoms with Gasteiger partial charge in [0.25, 0.3) is 0 Å². The SMILES string of the molecule is CCOc1c(OC)cc(CNC(=NC)NCC2(c3ccccc3F)CC2)cc1OC. The maximum Gasteiger partial charge on any atom is 0.203 e. The molecule has 30 heavy (non-hydrogen) atoms. The zero-order chi connectivity index (χ0) is 21.6. The van der Waals surface area contributed by atoms with Gasteiger partial charge in [0.1, 0.15) is 5.82 Å². The van der Waals surface area contributed by atoms with E-state index in [1.165, 1.54) is 6.07 Å². The zero-order valence-corrected chi connectivity index (χ0v) is 18.0. The second-order valence-electron chi connectivity index (χ2n) is 7.30. The largest absolute Gasteiger partial charge is 0.493 e. The molecule has 1 aliphatic carbocycles. The summed E-state index contributed by atoms with van der Waals surface area (Å²) in [6.45, 7) is 3.58. The Bertz CT molecular complexity index is 872. The van der Waals surface area contributed by atoms with Crippen molar-refractivity contribution in [2.75, 3.05) is 34.4 Å². The van der Waals surface area contributed by atoms with Gasteiger partial charge in [-0.3, -0.25) is 4.99 Å². The molecular formula is C23H30FN3O3. The molecule has 6 nitrogen and oxygen atoms in total. The molecule has 0 heterocycles. The zero-order valence-electron chi connectivity index (χ0n) is 18.0. The van der Waals surface area contributed by atoms with E-state index < -0.39 is 0 Å². The maximum absolute atomic E-state index is 14.2. The lowest BCUT2D eigenvalue weighted by Gasteiger charge is -2.20. The minimum atomic E-state index is -0.158. The highest BCUT2D eigenvalue weighted by molar-refractivity contribution is 5.80. The molecule has 7 heteroatoms. The van der Waals surface area contributed by atoms with Crippen LogP contribution in [0.25, 0.3) is 0 Å². The van der Waals surface area contributed by atoms with E-state index in [1.54, 1.807) is 27.3 Å². The first-order valence-corrected chi connectivity index (χ1v) is 10.1. The van der Waals surface area contributed by atoms with Gasteiger partial charge >= 0.3 is 0 Å². The Morgan fingerprint density at radius 2 is 1.77 bits per heavy atom. The van der Waals surface area contributed by atoms with E-state index in [-0.39, 0.29) is 11.2 Å². The monoisotopic (exact) mass is 415 g/mol. The number of ether oxygens (including phenoxy) is 3. The fourth-order valence-corrected chi connectivity index (χ4v) is 3.57. The van der Waals surface area contributed by atoms with Crippen LogP contribution < -0.4 is 24.8 Å². The fourth-order valence-electron chi connectivity index (χ4n) is 3.57. The molecule has 2 N–H and O–H groups in total. The Balaban J connectivity index is 1.64. The van der Waals surface area contributed by atoms with Gasteiger partial charge in [-0.2, -0.15) is 0 Å². The number of methoxy groups -OCH3 is 2. The van der Waals surface area contributed by atoms with Crippen molar-refractivity contribution in [3.05, 3.63) is 53.3 Å². The standard InChI is InChI=1S/C23H30FN3O3/c1-5-30-21-19(28-3)12-16(13-20(21)29-4)14-26-22(25-2)27-15-23(10-11-23)17-8-6-7-9-18(17)24/h6-9,12-13H,5,10-11,14-15H2,1-4H3,(H2,25,26,27). The molecule has 0 spiro atoms. The van der Waals surface area contributed by atoms with Crippen LogP contribution in [0.3, 0.4) is 0 Å². The van der Waals surface area contributed by atoms with Crippen LogP contribution in [-0.4, -0.2) is 40.4 Å². The first-order chi connectivity index (χ1) is 14.6. The quantitative estimate of drug-likeness (QED) is 0.484. The summed E-state index contributed by atoms with van der Waals surface area (Å²) >= 11 is 0. The highest BCUT2D eigenvalue weighted by atomic mass is 19.1. The molecule has 0 radical (unpaired) electrons. The lowest BCUT2D eigenvalue weighted by Crippen LogP contribution is -2.41. The Morgan fingerprint density at radius 1 is 1.10 bits per heavy atom. The molecular weight excluding hydrogens is 385 g/mol. The average molecular weight is 416 g/mol. The topological polar surface area (TPSA) is 64.1 Å². The minimum absolute atomic E-state index is 0.145. The van der Waals surface area contributed by atoms with Gasteiger partial charge in [-0.25, -0.2) is 4.39 Å². The third-order valence-corrected chi connectivity index (χ3v) is 5.39. The molecule has 3 rings (SSSR count). The summed E-state index contributed by atoms with van der Waals surface area (Å²) in [4.78, 5) is 4.30. The molecule has 2 aromatic carbocycles. The lowest BCUT2D eigenvalue weighted by molar-refractivity contribution is 0.288. The lowest BCUT2D eigenvalue weighted by atomic mass is 9.95. The first kappa shape index (κ1) is 21.7. The van der Waals surface area contributed by atoms with Crippen LogP contribution in [0.2, 0.25) is 0 Å². The summed E-state index contributed by atoms with van der Waals surface area (Å²) < 4.78 is 30.8. The van der Waals surface area contributed by atoms with Crippen LogP contribution >= 0.6 is 0 Å². The number of hydrogen-bond acceptors (Lipinski definition) is 4. The van der Waals surface area contributed by atoms with E-state index in [9.17, 15) is 4.39 Å². The average Bonchev–Trinajstić information content (AvgIpc) is 3.55. The van der Waals surface area contributed by atoms with Crippen LogP contribution in [0.1, 0.15) is 30.9 Å². The van der Waals surface area contributed by atoms with Crippen molar-refractivity contribution < 1.29 is 18.6 Å². The van der Waals surface area contributed by atoms with Crippen molar-refractivity contribution in [1.29, 1.82) is 0 Å². The number of guanidine groups is 1. The van der Waals surface area contributed by atoms with E-state index in [4.69, 9.17) is 14.2 Å². The van der Waals surface area contributed by atoms with E-state index in [0.717, 1.165) is 24.0 Å². The predicted octanol–water partition coefficient (Wildman–Crippen LogP) is 3.64. The van der Waals surface area contributed by atoms with Crippen molar-refractivity contribution in [2.24, 2.45) is 4.99 Å². The summed E-state index contributed by atoms with van der Waals surface area (Å²) in [5.74, 6) is 2.34. The molecule has 0 bridgehead atoms. The number of nitrogens with zero attached hydrogens (tertiary/aromatic N) is 1. The van der Waals surface area contributed by atoms with E-state index in [0.29, 0.717) is 42.9 Å². The van der Waals surface area contributed by atoms with Crippen LogP contribution in [0, 0.1) is 5.82 Å². The summed E-state index contributed by atoms with van der Waals surface area (Å²) in [6.07, 6.45) is 1.93. The van der Waals surface area contributed by atoms with E-state index >= 15 is 0 Å². The number of aliphatic imine (C=N–C) groups is 1.